The van der Waals surface area contributed by atoms with Gasteiger partial charge in [-0.15, -0.1) is 0 Å². The second kappa shape index (κ2) is 7.96. The van der Waals surface area contributed by atoms with Crippen LogP contribution in [0.2, 0.25) is 0 Å². The van der Waals surface area contributed by atoms with Crippen LogP contribution < -0.4 is 0 Å². The molecule has 0 radical (unpaired) electrons. The van der Waals surface area contributed by atoms with Gasteiger partial charge in [0.05, 0.1) is 11.5 Å². The minimum Gasteiger partial charge on any atom is -0.389 e. The Morgan fingerprint density at radius 1 is 1.07 bits per heavy atom. The second-order valence-electron chi connectivity index (χ2n) is 8.47. The van der Waals surface area contributed by atoms with E-state index in [0.29, 0.717) is 32.4 Å². The lowest BCUT2D eigenvalue weighted by Crippen LogP contribution is -2.49. The minimum absolute atomic E-state index is 0.121. The molecule has 2 heterocycles. The maximum absolute atomic E-state index is 13.0. The number of carbonyl (C=O) groups excluding carboxylic acids is 1. The Hall–Kier alpha value is -2.72. The fourth-order valence-corrected chi connectivity index (χ4v) is 4.30. The van der Waals surface area contributed by atoms with Crippen LogP contribution in [-0.4, -0.2) is 39.6 Å². The zero-order chi connectivity index (χ0) is 20.3. The molecule has 2 aromatic rings. The van der Waals surface area contributed by atoms with Crippen molar-refractivity contribution in [3.63, 3.8) is 0 Å². The number of likely N-dealkylation sites (tertiary alicyclic amines) is 1. The number of amides is 1. The second-order valence-corrected chi connectivity index (χ2v) is 8.47. The first-order valence-corrected chi connectivity index (χ1v) is 10.3. The molecule has 1 aromatic carbocycles. The van der Waals surface area contributed by atoms with Gasteiger partial charge in [0, 0.05) is 37.3 Å². The van der Waals surface area contributed by atoms with Gasteiger partial charge in [0.2, 0.25) is 5.91 Å². The summed E-state index contributed by atoms with van der Waals surface area (Å²) < 4.78 is 0. The number of hydrogen-bond donors (Lipinski definition) is 1. The van der Waals surface area contributed by atoms with E-state index in [-0.39, 0.29) is 17.2 Å². The van der Waals surface area contributed by atoms with Gasteiger partial charge in [0.1, 0.15) is 0 Å². The number of piperidine rings is 1. The number of benzene rings is 1. The third kappa shape index (κ3) is 4.33. The topological polar surface area (TPSA) is 53.4 Å². The van der Waals surface area contributed by atoms with Crippen molar-refractivity contribution in [2.45, 2.75) is 37.2 Å². The van der Waals surface area contributed by atoms with E-state index < -0.39 is 5.60 Å². The van der Waals surface area contributed by atoms with E-state index in [9.17, 15) is 9.90 Å². The summed E-state index contributed by atoms with van der Waals surface area (Å²) in [4.78, 5) is 19.0. The van der Waals surface area contributed by atoms with Crippen LogP contribution >= 0.6 is 0 Å². The van der Waals surface area contributed by atoms with Gasteiger partial charge in [-0.25, -0.2) is 0 Å². The van der Waals surface area contributed by atoms with Crippen molar-refractivity contribution >= 4 is 5.91 Å². The van der Waals surface area contributed by atoms with Crippen molar-refractivity contribution in [1.82, 2.24) is 9.88 Å². The van der Waals surface area contributed by atoms with Crippen molar-refractivity contribution < 1.29 is 9.90 Å². The Balaban J connectivity index is 1.36. The highest BCUT2D eigenvalue weighted by Gasteiger charge is 2.36. The molecular formula is C25H28N2O2. The standard InChI is InChI=1S/C25H28N2O2/c1-24(22-9-15-26-16-10-22)11-7-21(8-12-24)23(28)27-17-13-25(29,14-18-27)19-20-5-3-2-4-6-20/h2-12,15-16,21,29H,13-14,17-19H2,1H3. The van der Waals surface area contributed by atoms with Crippen LogP contribution in [0.5, 0.6) is 0 Å². The molecule has 0 saturated carbocycles. The molecule has 150 valence electrons. The highest BCUT2D eigenvalue weighted by Crippen LogP contribution is 2.33. The summed E-state index contributed by atoms with van der Waals surface area (Å²) in [5.74, 6) is -0.110. The molecule has 2 aliphatic rings. The SMILES string of the molecule is CC1(c2ccncc2)C=CC(C(=O)N2CCC(O)(Cc3ccccc3)CC2)C=C1. The Bertz CT molecular complexity index is 883. The van der Waals surface area contributed by atoms with E-state index >= 15 is 0 Å². The van der Waals surface area contributed by atoms with E-state index in [4.69, 9.17) is 0 Å². The maximum Gasteiger partial charge on any atom is 0.233 e. The monoisotopic (exact) mass is 388 g/mol. The quantitative estimate of drug-likeness (QED) is 0.813. The maximum atomic E-state index is 13.0. The molecule has 1 fully saturated rings. The first-order valence-electron chi connectivity index (χ1n) is 10.3. The third-order valence-corrected chi connectivity index (χ3v) is 6.27. The molecule has 29 heavy (non-hydrogen) atoms. The normalized spacial score (nSPS) is 25.7. The van der Waals surface area contributed by atoms with Gasteiger partial charge >= 0.3 is 0 Å². The number of allylic oxidation sites excluding steroid dienone is 2. The fraction of sp³-hybridized carbons (Fsp3) is 0.360. The lowest BCUT2D eigenvalue weighted by molar-refractivity contribution is -0.136. The number of hydrogen-bond acceptors (Lipinski definition) is 3. The Morgan fingerprint density at radius 2 is 1.69 bits per heavy atom. The highest BCUT2D eigenvalue weighted by atomic mass is 16.3. The van der Waals surface area contributed by atoms with Crippen molar-refractivity contribution in [1.29, 1.82) is 0 Å². The number of nitrogens with zero attached hydrogens (tertiary/aromatic N) is 2. The molecule has 1 saturated heterocycles. The molecule has 0 spiro atoms. The number of carbonyl (C=O) groups is 1. The van der Waals surface area contributed by atoms with Gasteiger partial charge in [0.15, 0.2) is 0 Å². The number of aromatic nitrogens is 1. The lowest BCUT2D eigenvalue weighted by atomic mass is 9.77. The van der Waals surface area contributed by atoms with Gasteiger partial charge in [-0.2, -0.15) is 0 Å². The first-order chi connectivity index (χ1) is 14.0. The molecule has 0 atom stereocenters. The van der Waals surface area contributed by atoms with E-state index in [0.717, 1.165) is 11.1 Å². The largest absolute Gasteiger partial charge is 0.389 e. The van der Waals surface area contributed by atoms with Crippen LogP contribution in [0.25, 0.3) is 0 Å². The molecule has 4 rings (SSSR count). The molecule has 1 aliphatic heterocycles. The van der Waals surface area contributed by atoms with E-state index in [1.54, 1.807) is 12.4 Å². The molecule has 1 aromatic heterocycles. The Kier molecular flexibility index (Phi) is 5.37. The molecule has 1 amide bonds. The summed E-state index contributed by atoms with van der Waals surface area (Å²) in [6.07, 6.45) is 13.7. The number of aliphatic hydroxyl groups is 1. The van der Waals surface area contributed by atoms with E-state index in [2.05, 4.69) is 24.1 Å². The molecule has 4 heteroatoms. The van der Waals surface area contributed by atoms with Gasteiger partial charge < -0.3 is 10.0 Å². The van der Waals surface area contributed by atoms with Crippen molar-refractivity contribution in [3.8, 4) is 0 Å². The molecular weight excluding hydrogens is 360 g/mol. The van der Waals surface area contributed by atoms with Gasteiger partial charge in [0.25, 0.3) is 0 Å². The molecule has 1 N–H and O–H groups in total. The smallest absolute Gasteiger partial charge is 0.233 e. The van der Waals surface area contributed by atoms with Crippen LogP contribution in [-0.2, 0) is 16.6 Å². The number of rotatable bonds is 4. The van der Waals surface area contributed by atoms with Gasteiger partial charge in [-0.3, -0.25) is 9.78 Å². The molecule has 1 aliphatic carbocycles. The summed E-state index contributed by atoms with van der Waals surface area (Å²) >= 11 is 0. The minimum atomic E-state index is -0.726. The zero-order valence-electron chi connectivity index (χ0n) is 16.9. The van der Waals surface area contributed by atoms with Crippen molar-refractivity contribution in [2.24, 2.45) is 5.92 Å². The van der Waals surface area contributed by atoms with Crippen LogP contribution in [0.15, 0.2) is 79.2 Å². The predicted octanol–water partition coefficient (Wildman–Crippen LogP) is 3.68. The van der Waals surface area contributed by atoms with E-state index in [1.165, 1.54) is 0 Å². The first kappa shape index (κ1) is 19.6. The number of pyridine rings is 1. The summed E-state index contributed by atoms with van der Waals surface area (Å²) in [6, 6.07) is 14.1. The predicted molar refractivity (Wildman–Crippen MR) is 114 cm³/mol. The van der Waals surface area contributed by atoms with Crippen molar-refractivity contribution in [3.05, 3.63) is 90.3 Å². The summed E-state index contributed by atoms with van der Waals surface area (Å²) in [6.45, 7) is 3.34. The fourth-order valence-electron chi connectivity index (χ4n) is 4.30. The lowest BCUT2D eigenvalue weighted by Gasteiger charge is -2.39. The van der Waals surface area contributed by atoms with Crippen LogP contribution in [0.4, 0.5) is 0 Å². The zero-order valence-corrected chi connectivity index (χ0v) is 16.9. The molecule has 0 unspecified atom stereocenters. The van der Waals surface area contributed by atoms with Crippen LogP contribution in [0.3, 0.4) is 0 Å². The van der Waals surface area contributed by atoms with Crippen LogP contribution in [0.1, 0.15) is 30.9 Å². The third-order valence-electron chi connectivity index (χ3n) is 6.27. The Morgan fingerprint density at radius 3 is 2.31 bits per heavy atom. The highest BCUT2D eigenvalue weighted by molar-refractivity contribution is 5.83. The van der Waals surface area contributed by atoms with E-state index in [1.807, 2.05) is 59.5 Å². The Labute approximate surface area is 172 Å². The average Bonchev–Trinajstić information content (AvgIpc) is 2.75. The molecule has 4 nitrogen and oxygen atoms in total. The summed E-state index contributed by atoms with van der Waals surface area (Å²) in [5, 5.41) is 11.0. The summed E-state index contributed by atoms with van der Waals surface area (Å²) in [5.41, 5.74) is 1.37. The van der Waals surface area contributed by atoms with Crippen molar-refractivity contribution in [2.75, 3.05) is 13.1 Å². The van der Waals surface area contributed by atoms with Gasteiger partial charge in [-0.05, 0) is 43.0 Å². The summed E-state index contributed by atoms with van der Waals surface area (Å²) in [7, 11) is 0. The molecule has 0 bridgehead atoms. The van der Waals surface area contributed by atoms with Gasteiger partial charge in [-0.1, -0.05) is 54.6 Å². The average molecular weight is 389 g/mol. The van der Waals surface area contributed by atoms with Crippen LogP contribution in [0, 0.1) is 5.92 Å².